The quantitative estimate of drug-likeness (QED) is 0.241. The van der Waals surface area contributed by atoms with Gasteiger partial charge in [-0.1, -0.05) is 18.2 Å². The second kappa shape index (κ2) is 11.1. The Bertz CT molecular complexity index is 1270. The fraction of sp³-hybridized carbons (Fsp3) is 0.481. The number of fused-ring (bicyclic) bond motifs is 3. The van der Waals surface area contributed by atoms with Crippen LogP contribution in [0.5, 0.6) is 11.5 Å². The molecule has 0 bridgehead atoms. The molecule has 4 rings (SSSR count). The molecule has 3 aromatic rings. The summed E-state index contributed by atoms with van der Waals surface area (Å²) in [6.07, 6.45) is -4.05. The lowest BCUT2D eigenvalue weighted by Gasteiger charge is -2.48. The van der Waals surface area contributed by atoms with Crippen LogP contribution in [0, 0.1) is 11.6 Å². The number of hydrogen-bond acceptors (Lipinski definition) is 4. The van der Waals surface area contributed by atoms with Crippen molar-refractivity contribution >= 4 is 10.9 Å². The summed E-state index contributed by atoms with van der Waals surface area (Å²) in [5.74, 6) is -2.90. The Morgan fingerprint density at radius 3 is 2.58 bits per heavy atom. The number of halogens is 6. The molecule has 2 aromatic carbocycles. The van der Waals surface area contributed by atoms with E-state index < -0.39 is 54.1 Å². The minimum atomic E-state index is -4.61. The summed E-state index contributed by atoms with van der Waals surface area (Å²) in [4.78, 5) is 4.30. The second-order valence-corrected chi connectivity index (χ2v) is 9.96. The van der Waals surface area contributed by atoms with Crippen LogP contribution in [-0.2, 0) is 6.42 Å². The van der Waals surface area contributed by atoms with E-state index in [1.807, 2.05) is 12.1 Å². The number of methoxy groups -OCH3 is 1. The minimum Gasteiger partial charge on any atom is -0.493 e. The summed E-state index contributed by atoms with van der Waals surface area (Å²) >= 11 is 0. The van der Waals surface area contributed by atoms with Gasteiger partial charge in [-0.05, 0) is 44.9 Å². The molecule has 0 saturated heterocycles. The molecule has 0 saturated carbocycles. The summed E-state index contributed by atoms with van der Waals surface area (Å²) < 4.78 is 96.1. The lowest BCUT2D eigenvalue weighted by Crippen LogP contribution is -2.54. The topological polar surface area (TPSA) is 49.5 Å². The van der Waals surface area contributed by atoms with Crippen LogP contribution in [0.15, 0.2) is 30.3 Å². The van der Waals surface area contributed by atoms with Crippen LogP contribution in [0.25, 0.3) is 10.9 Å². The van der Waals surface area contributed by atoms with Crippen LogP contribution in [0.2, 0.25) is 0 Å². The number of H-pyrrole nitrogens is 1. The maximum absolute atomic E-state index is 16.2. The first-order chi connectivity index (χ1) is 18.0. The number of ether oxygens (including phenoxy) is 2. The van der Waals surface area contributed by atoms with Crippen molar-refractivity contribution < 1.29 is 35.8 Å². The molecule has 1 aliphatic heterocycles. The molecule has 1 aromatic heterocycles. The third kappa shape index (κ3) is 5.58. The maximum Gasteiger partial charge on any atom is 0.401 e. The molecule has 0 spiro atoms. The fourth-order valence-electron chi connectivity index (χ4n) is 5.19. The molecular formula is C27H31F6N3O2. The number of rotatable bonds is 10. The SMILES string of the molecule is COc1c(F)cc(OCCNCCCF)c(F)c1[C@@H]1c2[nH]c3ccccc3c2CC(C)(C)N1CC(F)(F)F. The van der Waals surface area contributed by atoms with Crippen LogP contribution in [-0.4, -0.2) is 61.6 Å². The molecule has 208 valence electrons. The third-order valence-corrected chi connectivity index (χ3v) is 6.84. The average molecular weight is 544 g/mol. The van der Waals surface area contributed by atoms with Gasteiger partial charge >= 0.3 is 6.18 Å². The Morgan fingerprint density at radius 1 is 1.16 bits per heavy atom. The number of aromatic nitrogens is 1. The first-order valence-corrected chi connectivity index (χ1v) is 12.4. The van der Waals surface area contributed by atoms with Crippen molar-refractivity contribution in [2.75, 3.05) is 40.0 Å². The third-order valence-electron chi connectivity index (χ3n) is 6.84. The van der Waals surface area contributed by atoms with E-state index in [4.69, 9.17) is 9.47 Å². The van der Waals surface area contributed by atoms with E-state index in [9.17, 15) is 17.6 Å². The molecule has 2 heterocycles. The summed E-state index contributed by atoms with van der Waals surface area (Å²) in [5, 5.41) is 3.72. The minimum absolute atomic E-state index is 0.0610. The van der Waals surface area contributed by atoms with Crippen LogP contribution in [0.4, 0.5) is 26.3 Å². The molecule has 11 heteroatoms. The Kier molecular flexibility index (Phi) is 8.17. The maximum atomic E-state index is 16.2. The highest BCUT2D eigenvalue weighted by Gasteiger charge is 2.49. The van der Waals surface area contributed by atoms with Crippen molar-refractivity contribution in [2.45, 2.75) is 44.4 Å². The van der Waals surface area contributed by atoms with Crippen LogP contribution >= 0.6 is 0 Å². The van der Waals surface area contributed by atoms with E-state index in [-0.39, 0.29) is 25.1 Å². The zero-order valence-corrected chi connectivity index (χ0v) is 21.4. The van der Waals surface area contributed by atoms with E-state index in [0.29, 0.717) is 24.2 Å². The zero-order chi connectivity index (χ0) is 27.7. The van der Waals surface area contributed by atoms with Crippen LogP contribution in [0.1, 0.15) is 43.1 Å². The first-order valence-electron chi connectivity index (χ1n) is 12.4. The van der Waals surface area contributed by atoms with Gasteiger partial charge in [0.25, 0.3) is 0 Å². The number of hydrogen-bond donors (Lipinski definition) is 2. The van der Waals surface area contributed by atoms with E-state index in [2.05, 4.69) is 10.3 Å². The summed E-state index contributed by atoms with van der Waals surface area (Å²) in [6, 6.07) is 6.72. The highest BCUT2D eigenvalue weighted by molar-refractivity contribution is 5.85. The molecule has 0 amide bonds. The van der Waals surface area contributed by atoms with Gasteiger partial charge in [0, 0.05) is 34.7 Å². The molecule has 1 atom stereocenters. The molecule has 0 radical (unpaired) electrons. The van der Waals surface area contributed by atoms with Crippen LogP contribution < -0.4 is 14.8 Å². The predicted octanol–water partition coefficient (Wildman–Crippen LogP) is 6.07. The van der Waals surface area contributed by atoms with E-state index in [1.165, 1.54) is 0 Å². The standard InChI is InChI=1S/C27H31F6N3O2/c1-26(2)14-17-16-7-4-5-8-19(16)35-23(17)24(36(26)15-27(31,32)33)21-22(30)20(13-18(29)25(21)37-3)38-12-11-34-10-6-9-28/h4-5,7-8,13,24,34-35H,6,9-12,14-15H2,1-3H3/t24-/m1/s1. The van der Waals surface area contributed by atoms with Crippen molar-refractivity contribution in [2.24, 2.45) is 0 Å². The van der Waals surface area contributed by atoms with Crippen molar-refractivity contribution in [3.8, 4) is 11.5 Å². The summed E-state index contributed by atoms with van der Waals surface area (Å²) in [7, 11) is 1.14. The monoisotopic (exact) mass is 543 g/mol. The number of alkyl halides is 4. The first kappa shape index (κ1) is 28.1. The normalized spacial score (nSPS) is 17.6. The van der Waals surface area contributed by atoms with Gasteiger partial charge in [-0.15, -0.1) is 0 Å². The fourth-order valence-corrected chi connectivity index (χ4v) is 5.19. The largest absolute Gasteiger partial charge is 0.493 e. The highest BCUT2D eigenvalue weighted by atomic mass is 19.4. The molecular weight excluding hydrogens is 512 g/mol. The van der Waals surface area contributed by atoms with Gasteiger partial charge in [-0.3, -0.25) is 9.29 Å². The number of nitrogens with zero attached hydrogens (tertiary/aromatic N) is 1. The van der Waals surface area contributed by atoms with Crippen molar-refractivity contribution in [3.63, 3.8) is 0 Å². The van der Waals surface area contributed by atoms with E-state index in [0.717, 1.165) is 29.0 Å². The van der Waals surface area contributed by atoms with Crippen molar-refractivity contribution in [1.29, 1.82) is 0 Å². The second-order valence-electron chi connectivity index (χ2n) is 9.96. The Morgan fingerprint density at radius 2 is 1.89 bits per heavy atom. The highest BCUT2D eigenvalue weighted by Crippen LogP contribution is 2.50. The van der Waals surface area contributed by atoms with Gasteiger partial charge in [0.2, 0.25) is 0 Å². The number of aromatic amines is 1. The van der Waals surface area contributed by atoms with Gasteiger partial charge in [-0.25, -0.2) is 8.78 Å². The zero-order valence-electron chi connectivity index (χ0n) is 21.4. The van der Waals surface area contributed by atoms with E-state index in [1.54, 1.807) is 26.0 Å². The molecule has 2 N–H and O–H groups in total. The average Bonchev–Trinajstić information content (AvgIpc) is 3.20. The Hall–Kier alpha value is -2.92. The molecule has 38 heavy (non-hydrogen) atoms. The van der Waals surface area contributed by atoms with Gasteiger partial charge < -0.3 is 19.8 Å². The summed E-state index contributed by atoms with van der Waals surface area (Å²) in [5.41, 5.74) is 0.302. The summed E-state index contributed by atoms with van der Waals surface area (Å²) in [6.45, 7) is 2.03. The number of para-hydroxylation sites is 1. The lowest BCUT2D eigenvalue weighted by molar-refractivity contribution is -0.164. The van der Waals surface area contributed by atoms with Crippen molar-refractivity contribution in [1.82, 2.24) is 15.2 Å². The number of nitrogens with one attached hydrogen (secondary N) is 2. The number of benzene rings is 2. The van der Waals surface area contributed by atoms with Crippen molar-refractivity contribution in [3.05, 3.63) is 58.8 Å². The van der Waals surface area contributed by atoms with Crippen LogP contribution in [0.3, 0.4) is 0 Å². The molecule has 0 fully saturated rings. The smallest absolute Gasteiger partial charge is 0.401 e. The van der Waals surface area contributed by atoms with Gasteiger partial charge in [0.05, 0.1) is 31.9 Å². The van der Waals surface area contributed by atoms with E-state index >= 15 is 8.78 Å². The van der Waals surface area contributed by atoms with Gasteiger partial charge in [0.1, 0.15) is 6.61 Å². The molecule has 5 nitrogen and oxygen atoms in total. The predicted molar refractivity (Wildman–Crippen MR) is 133 cm³/mol. The molecule has 0 aliphatic carbocycles. The van der Waals surface area contributed by atoms with Gasteiger partial charge in [0.15, 0.2) is 23.1 Å². The lowest BCUT2D eigenvalue weighted by atomic mass is 9.81. The Labute approximate surface area is 217 Å². The molecule has 0 unspecified atom stereocenters. The Balaban J connectivity index is 1.87. The molecule has 1 aliphatic rings. The van der Waals surface area contributed by atoms with Gasteiger partial charge in [-0.2, -0.15) is 13.2 Å².